The van der Waals surface area contributed by atoms with Gasteiger partial charge in [-0.2, -0.15) is 8.78 Å². The van der Waals surface area contributed by atoms with Crippen molar-refractivity contribution in [1.29, 1.82) is 0 Å². The van der Waals surface area contributed by atoms with Crippen LogP contribution in [0.2, 0.25) is 0 Å². The van der Waals surface area contributed by atoms with Crippen molar-refractivity contribution in [2.75, 3.05) is 13.1 Å². The van der Waals surface area contributed by atoms with E-state index in [-0.39, 0.29) is 10.4 Å². The fourth-order valence-electron chi connectivity index (χ4n) is 2.89. The number of halogens is 3. The Labute approximate surface area is 177 Å². The number of hydrogen-bond donors (Lipinski definition) is 2. The molecule has 0 aliphatic carbocycles. The number of rotatable bonds is 9. The molecule has 0 radical (unpaired) electrons. The first-order valence-corrected chi connectivity index (χ1v) is 11.5. The Bertz CT molecular complexity index is 889. The number of hydrogen-bond acceptors (Lipinski definition) is 2. The molecule has 0 fully saturated rings. The van der Waals surface area contributed by atoms with E-state index in [0.717, 1.165) is 11.6 Å². The quantitative estimate of drug-likeness (QED) is 0.500. The van der Waals surface area contributed by atoms with Gasteiger partial charge < -0.3 is 14.7 Å². The molecule has 0 aliphatic rings. The summed E-state index contributed by atoms with van der Waals surface area (Å²) >= 11 is 2.98. The van der Waals surface area contributed by atoms with Crippen molar-refractivity contribution < 1.29 is 27.9 Å². The average molecular weight is 490 g/mol. The fourth-order valence-corrected chi connectivity index (χ4v) is 4.23. The van der Waals surface area contributed by atoms with Gasteiger partial charge in [-0.05, 0) is 37.0 Å². The first-order chi connectivity index (χ1) is 13.6. The third-order valence-corrected chi connectivity index (χ3v) is 6.23. The highest BCUT2D eigenvalue weighted by Crippen LogP contribution is 2.60. The second-order valence-corrected chi connectivity index (χ2v) is 9.11. The van der Waals surface area contributed by atoms with E-state index < -0.39 is 18.8 Å². The predicted molar refractivity (Wildman–Crippen MR) is 111 cm³/mol. The number of amides is 1. The zero-order valence-electron chi connectivity index (χ0n) is 15.9. The summed E-state index contributed by atoms with van der Waals surface area (Å²) in [6, 6.07) is 13.5. The van der Waals surface area contributed by atoms with Crippen LogP contribution in [-0.4, -0.2) is 33.7 Å². The minimum absolute atomic E-state index is 0.0140. The fraction of sp³-hybridized carbons (Fsp3) is 0.350. The minimum Gasteiger partial charge on any atom is -0.343 e. The van der Waals surface area contributed by atoms with Gasteiger partial charge in [0.15, 0.2) is 0 Å². The van der Waals surface area contributed by atoms with Crippen molar-refractivity contribution in [2.45, 2.75) is 31.8 Å². The van der Waals surface area contributed by atoms with Crippen molar-refractivity contribution in [3.05, 3.63) is 69.7 Å². The number of carbonyl (C=O) groups is 1. The molecule has 0 saturated heterocycles. The zero-order chi connectivity index (χ0) is 21.7. The summed E-state index contributed by atoms with van der Waals surface area (Å²) in [5.74, 6) is 0.0140. The van der Waals surface area contributed by atoms with Gasteiger partial charge in [-0.25, -0.2) is 0 Å². The molecule has 158 valence electrons. The Morgan fingerprint density at radius 3 is 2.31 bits per heavy atom. The molecular formula is C20H23BrF2NO4P. The van der Waals surface area contributed by atoms with E-state index in [4.69, 9.17) is 9.79 Å². The standard InChI is InChI=1S/C20H23BrF2NO4P/c1-2-24(19(25)11-9-15-6-4-3-5-7-15)13-12-16-8-10-17(18(21)14-16)20(22,23)29(26,27)28/h3-8,10,14H,2,9,11-13H2,1H3,(H2,26,27,28). The van der Waals surface area contributed by atoms with Gasteiger partial charge in [0.25, 0.3) is 0 Å². The topological polar surface area (TPSA) is 77.8 Å². The van der Waals surface area contributed by atoms with Gasteiger partial charge >= 0.3 is 13.3 Å². The lowest BCUT2D eigenvalue weighted by Crippen LogP contribution is -2.32. The first kappa shape index (κ1) is 23.7. The van der Waals surface area contributed by atoms with E-state index in [9.17, 15) is 18.1 Å². The van der Waals surface area contributed by atoms with Gasteiger partial charge in [-0.3, -0.25) is 9.36 Å². The Balaban J connectivity index is 1.99. The molecule has 0 unspecified atom stereocenters. The van der Waals surface area contributed by atoms with E-state index in [2.05, 4.69) is 15.9 Å². The molecule has 0 aromatic heterocycles. The molecule has 0 aliphatic heterocycles. The summed E-state index contributed by atoms with van der Waals surface area (Å²) in [7, 11) is -5.63. The minimum atomic E-state index is -5.63. The molecule has 2 aromatic carbocycles. The van der Waals surface area contributed by atoms with Crippen LogP contribution >= 0.6 is 23.5 Å². The Kier molecular flexibility index (Phi) is 8.11. The van der Waals surface area contributed by atoms with Gasteiger partial charge in [0.05, 0.1) is 0 Å². The van der Waals surface area contributed by atoms with Gasteiger partial charge in [0, 0.05) is 29.5 Å². The second kappa shape index (κ2) is 9.94. The van der Waals surface area contributed by atoms with Crippen LogP contribution < -0.4 is 0 Å². The highest BCUT2D eigenvalue weighted by Gasteiger charge is 2.51. The van der Waals surface area contributed by atoms with Crippen LogP contribution in [0.25, 0.3) is 0 Å². The monoisotopic (exact) mass is 489 g/mol. The van der Waals surface area contributed by atoms with Crippen LogP contribution in [0.1, 0.15) is 30.0 Å². The molecule has 2 N–H and O–H groups in total. The number of nitrogens with zero attached hydrogens (tertiary/aromatic N) is 1. The van der Waals surface area contributed by atoms with Gasteiger partial charge in [0.2, 0.25) is 5.91 Å². The smallest absolute Gasteiger partial charge is 0.343 e. The Hall–Kier alpha value is -1.60. The summed E-state index contributed by atoms with van der Waals surface area (Å²) in [5, 5.41) is 0. The van der Waals surface area contributed by atoms with E-state index in [1.54, 1.807) is 4.90 Å². The van der Waals surface area contributed by atoms with Gasteiger partial charge in [-0.15, -0.1) is 0 Å². The van der Waals surface area contributed by atoms with Crippen LogP contribution in [0.4, 0.5) is 8.78 Å². The molecule has 9 heteroatoms. The average Bonchev–Trinajstić information content (AvgIpc) is 2.66. The molecule has 5 nitrogen and oxygen atoms in total. The summed E-state index contributed by atoms with van der Waals surface area (Å²) in [6.07, 6.45) is 1.47. The third-order valence-electron chi connectivity index (χ3n) is 4.60. The molecule has 0 atom stereocenters. The van der Waals surface area contributed by atoms with Gasteiger partial charge in [-0.1, -0.05) is 58.4 Å². The Morgan fingerprint density at radius 1 is 1.10 bits per heavy atom. The molecule has 1 amide bonds. The summed E-state index contributed by atoms with van der Waals surface area (Å²) in [5.41, 5.74) is -3.27. The Morgan fingerprint density at radius 2 is 1.76 bits per heavy atom. The predicted octanol–water partition coefficient (Wildman–Crippen LogP) is 4.70. The highest BCUT2D eigenvalue weighted by atomic mass is 79.9. The van der Waals surface area contributed by atoms with E-state index in [1.807, 2.05) is 37.3 Å². The first-order valence-electron chi connectivity index (χ1n) is 9.10. The van der Waals surface area contributed by atoms with Crippen molar-refractivity contribution >= 4 is 29.4 Å². The molecule has 0 spiro atoms. The van der Waals surface area contributed by atoms with Crippen LogP contribution in [-0.2, 0) is 27.9 Å². The summed E-state index contributed by atoms with van der Waals surface area (Å²) in [6.45, 7) is 2.83. The van der Waals surface area contributed by atoms with E-state index in [0.29, 0.717) is 37.9 Å². The number of benzene rings is 2. The SMILES string of the molecule is CCN(CCc1ccc(C(F)(F)P(=O)(O)O)c(Br)c1)C(=O)CCc1ccccc1. The normalized spacial score (nSPS) is 12.1. The number of likely N-dealkylation sites (N-methyl/N-ethyl adjacent to an activating group) is 1. The van der Waals surface area contributed by atoms with Crippen molar-refractivity contribution in [3.63, 3.8) is 0 Å². The third kappa shape index (κ3) is 6.19. The largest absolute Gasteiger partial charge is 0.399 e. The summed E-state index contributed by atoms with van der Waals surface area (Å²) in [4.78, 5) is 31.9. The maximum absolute atomic E-state index is 13.9. The highest BCUT2D eigenvalue weighted by molar-refractivity contribution is 9.10. The molecule has 2 aromatic rings. The lowest BCUT2D eigenvalue weighted by molar-refractivity contribution is -0.130. The second-order valence-electron chi connectivity index (χ2n) is 6.61. The van der Waals surface area contributed by atoms with Crippen molar-refractivity contribution in [1.82, 2.24) is 4.90 Å². The van der Waals surface area contributed by atoms with Gasteiger partial charge in [0.1, 0.15) is 0 Å². The lowest BCUT2D eigenvalue weighted by Gasteiger charge is -2.22. The van der Waals surface area contributed by atoms with Crippen LogP contribution in [0, 0.1) is 0 Å². The van der Waals surface area contributed by atoms with Crippen LogP contribution in [0.3, 0.4) is 0 Å². The van der Waals surface area contributed by atoms with E-state index in [1.165, 1.54) is 12.1 Å². The molecule has 0 bridgehead atoms. The molecule has 29 heavy (non-hydrogen) atoms. The molecular weight excluding hydrogens is 467 g/mol. The van der Waals surface area contributed by atoms with Crippen molar-refractivity contribution in [3.8, 4) is 0 Å². The number of carbonyl (C=O) groups excluding carboxylic acids is 1. The zero-order valence-corrected chi connectivity index (χ0v) is 18.4. The molecule has 2 rings (SSSR count). The number of aryl methyl sites for hydroxylation is 1. The van der Waals surface area contributed by atoms with Crippen LogP contribution in [0.15, 0.2) is 53.0 Å². The lowest BCUT2D eigenvalue weighted by atomic mass is 10.1. The van der Waals surface area contributed by atoms with Crippen molar-refractivity contribution in [2.24, 2.45) is 0 Å². The van der Waals surface area contributed by atoms with E-state index >= 15 is 0 Å². The maximum atomic E-state index is 13.9. The van der Waals surface area contributed by atoms with Crippen LogP contribution in [0.5, 0.6) is 0 Å². The molecule has 0 saturated carbocycles. The number of alkyl halides is 2. The summed E-state index contributed by atoms with van der Waals surface area (Å²) < 4.78 is 38.8. The maximum Gasteiger partial charge on any atom is 0.399 e. The molecule has 0 heterocycles.